The summed E-state index contributed by atoms with van der Waals surface area (Å²) in [5.41, 5.74) is 1.87. The average molecular weight is 446 g/mol. The number of carbonyl (C=O) groups is 2. The maximum atomic E-state index is 12.7. The predicted molar refractivity (Wildman–Crippen MR) is 123 cm³/mol. The zero-order valence-corrected chi connectivity index (χ0v) is 19.0. The lowest BCUT2D eigenvalue weighted by atomic mass is 10.1. The molecule has 0 saturated carbocycles. The van der Waals surface area contributed by atoms with Gasteiger partial charge in [0.05, 0.1) is 30.5 Å². The van der Waals surface area contributed by atoms with E-state index in [1.54, 1.807) is 31.4 Å². The number of methoxy groups -OCH3 is 2. The third-order valence-electron chi connectivity index (χ3n) is 5.28. The molecule has 1 aliphatic heterocycles. The van der Waals surface area contributed by atoms with E-state index >= 15 is 0 Å². The van der Waals surface area contributed by atoms with Crippen molar-refractivity contribution < 1.29 is 19.1 Å². The Bertz CT molecular complexity index is 956. The summed E-state index contributed by atoms with van der Waals surface area (Å²) in [6.07, 6.45) is 0. The first-order valence-corrected chi connectivity index (χ1v) is 10.6. The number of benzene rings is 2. The highest BCUT2D eigenvalue weighted by Gasteiger charge is 2.24. The fourth-order valence-electron chi connectivity index (χ4n) is 3.56. The van der Waals surface area contributed by atoms with Crippen LogP contribution in [0.2, 0.25) is 5.02 Å². The summed E-state index contributed by atoms with van der Waals surface area (Å²) in [6, 6.07) is 10.5. The molecule has 166 valence electrons. The molecule has 3 rings (SSSR count). The Balaban J connectivity index is 1.68. The van der Waals surface area contributed by atoms with Gasteiger partial charge in [-0.15, -0.1) is 0 Å². The fraction of sp³-hybridized carbons (Fsp3) is 0.391. The highest BCUT2D eigenvalue weighted by Crippen LogP contribution is 2.31. The number of rotatable bonds is 6. The van der Waals surface area contributed by atoms with Gasteiger partial charge in [-0.2, -0.15) is 0 Å². The molecule has 31 heavy (non-hydrogen) atoms. The molecule has 1 aliphatic rings. The van der Waals surface area contributed by atoms with Crippen molar-refractivity contribution in [3.8, 4) is 11.5 Å². The Morgan fingerprint density at radius 2 is 1.71 bits per heavy atom. The molecule has 0 radical (unpaired) electrons. The summed E-state index contributed by atoms with van der Waals surface area (Å²) in [5.74, 6) is 0.911. The van der Waals surface area contributed by atoms with Crippen molar-refractivity contribution >= 4 is 34.8 Å². The van der Waals surface area contributed by atoms with Gasteiger partial charge < -0.3 is 24.6 Å². The van der Waals surface area contributed by atoms with Crippen LogP contribution in [-0.2, 0) is 4.79 Å². The number of hydrogen-bond acceptors (Lipinski definition) is 5. The molecule has 0 unspecified atom stereocenters. The molecule has 7 nitrogen and oxygen atoms in total. The summed E-state index contributed by atoms with van der Waals surface area (Å²) < 4.78 is 10.5. The minimum atomic E-state index is -0.302. The average Bonchev–Trinajstić information content (AvgIpc) is 2.78. The normalized spacial score (nSPS) is 13.9. The number of carbonyl (C=O) groups excluding carboxylic acids is 2. The Morgan fingerprint density at radius 1 is 1.00 bits per heavy atom. The molecular weight excluding hydrogens is 418 g/mol. The molecule has 1 heterocycles. The van der Waals surface area contributed by atoms with Gasteiger partial charge >= 0.3 is 0 Å². The molecule has 0 spiro atoms. The van der Waals surface area contributed by atoms with Crippen LogP contribution >= 0.6 is 11.6 Å². The molecule has 0 atom stereocenters. The topological polar surface area (TPSA) is 71.1 Å². The monoisotopic (exact) mass is 445 g/mol. The Morgan fingerprint density at radius 3 is 2.29 bits per heavy atom. The number of anilines is 2. The molecule has 1 fully saturated rings. The van der Waals surface area contributed by atoms with Gasteiger partial charge in [0.2, 0.25) is 5.91 Å². The van der Waals surface area contributed by atoms with E-state index in [2.05, 4.69) is 10.2 Å². The largest absolute Gasteiger partial charge is 0.497 e. The summed E-state index contributed by atoms with van der Waals surface area (Å²) >= 11 is 6.52. The van der Waals surface area contributed by atoms with Gasteiger partial charge in [0.15, 0.2) is 0 Å². The Labute approximate surface area is 187 Å². The van der Waals surface area contributed by atoms with Crippen molar-refractivity contribution in [1.82, 2.24) is 4.90 Å². The van der Waals surface area contributed by atoms with Gasteiger partial charge in [-0.3, -0.25) is 9.59 Å². The van der Waals surface area contributed by atoms with Crippen LogP contribution in [0.25, 0.3) is 0 Å². The number of halogens is 1. The van der Waals surface area contributed by atoms with E-state index in [-0.39, 0.29) is 17.7 Å². The van der Waals surface area contributed by atoms with E-state index in [1.165, 1.54) is 7.11 Å². The maximum absolute atomic E-state index is 12.7. The first-order valence-electron chi connectivity index (χ1n) is 10.2. The summed E-state index contributed by atoms with van der Waals surface area (Å²) in [7, 11) is 3.06. The number of hydrogen-bond donors (Lipinski definition) is 1. The zero-order chi connectivity index (χ0) is 22.5. The van der Waals surface area contributed by atoms with Crippen LogP contribution in [0.3, 0.4) is 0 Å². The lowest BCUT2D eigenvalue weighted by Crippen LogP contribution is -2.50. The molecular formula is C23H28ClN3O4. The first-order chi connectivity index (χ1) is 14.8. The fourth-order valence-corrected chi connectivity index (χ4v) is 3.86. The SMILES string of the molecule is COc1ccc(C(=O)Nc2ccc(N3CCN(C(=O)C(C)C)CC3)c(Cl)c2)c(OC)c1. The summed E-state index contributed by atoms with van der Waals surface area (Å²) in [5, 5.41) is 3.40. The molecule has 2 amide bonds. The van der Waals surface area contributed by atoms with Crippen LogP contribution < -0.4 is 19.7 Å². The smallest absolute Gasteiger partial charge is 0.259 e. The zero-order valence-electron chi connectivity index (χ0n) is 18.3. The minimum absolute atomic E-state index is 0.00218. The predicted octanol–water partition coefficient (Wildman–Crippen LogP) is 3.91. The van der Waals surface area contributed by atoms with Crippen molar-refractivity contribution in [3.05, 3.63) is 47.0 Å². The maximum Gasteiger partial charge on any atom is 0.259 e. The first kappa shape index (κ1) is 22.7. The highest BCUT2D eigenvalue weighted by atomic mass is 35.5. The van der Waals surface area contributed by atoms with E-state index in [0.717, 1.165) is 5.69 Å². The quantitative estimate of drug-likeness (QED) is 0.729. The van der Waals surface area contributed by atoms with E-state index in [1.807, 2.05) is 30.9 Å². The Kier molecular flexibility index (Phi) is 7.28. The third kappa shape index (κ3) is 5.22. The van der Waals surface area contributed by atoms with Crippen LogP contribution in [0.1, 0.15) is 24.2 Å². The van der Waals surface area contributed by atoms with Gasteiger partial charge in [-0.1, -0.05) is 25.4 Å². The molecule has 0 aliphatic carbocycles. The number of nitrogens with one attached hydrogen (secondary N) is 1. The molecule has 1 N–H and O–H groups in total. The van der Waals surface area contributed by atoms with E-state index in [0.29, 0.717) is 54.0 Å². The van der Waals surface area contributed by atoms with Crippen LogP contribution in [0, 0.1) is 5.92 Å². The van der Waals surface area contributed by atoms with Gasteiger partial charge in [0, 0.05) is 43.9 Å². The molecule has 1 saturated heterocycles. The molecule has 0 aromatic heterocycles. The summed E-state index contributed by atoms with van der Waals surface area (Å²) in [6.45, 7) is 6.60. The summed E-state index contributed by atoms with van der Waals surface area (Å²) in [4.78, 5) is 29.0. The molecule has 2 aromatic carbocycles. The second-order valence-electron chi connectivity index (χ2n) is 7.65. The van der Waals surface area contributed by atoms with Crippen LogP contribution in [-0.4, -0.2) is 57.1 Å². The number of amides is 2. The third-order valence-corrected chi connectivity index (χ3v) is 5.59. The van der Waals surface area contributed by atoms with Crippen molar-refractivity contribution in [3.63, 3.8) is 0 Å². The van der Waals surface area contributed by atoms with Gasteiger partial charge in [0.25, 0.3) is 5.91 Å². The lowest BCUT2D eigenvalue weighted by molar-refractivity contribution is -0.134. The minimum Gasteiger partial charge on any atom is -0.497 e. The number of nitrogens with zero attached hydrogens (tertiary/aromatic N) is 2. The highest BCUT2D eigenvalue weighted by molar-refractivity contribution is 6.33. The van der Waals surface area contributed by atoms with Crippen LogP contribution in [0.5, 0.6) is 11.5 Å². The van der Waals surface area contributed by atoms with Crippen molar-refractivity contribution in [2.45, 2.75) is 13.8 Å². The van der Waals surface area contributed by atoms with E-state index in [9.17, 15) is 9.59 Å². The Hall–Kier alpha value is -2.93. The standard InChI is InChI=1S/C23H28ClN3O4/c1-15(2)23(29)27-11-9-26(10-12-27)20-8-5-16(13-19(20)24)25-22(28)18-7-6-17(30-3)14-21(18)31-4/h5-8,13-15H,9-12H2,1-4H3,(H,25,28). The lowest BCUT2D eigenvalue weighted by Gasteiger charge is -2.37. The van der Waals surface area contributed by atoms with E-state index < -0.39 is 0 Å². The molecule has 0 bridgehead atoms. The van der Waals surface area contributed by atoms with Gasteiger partial charge in [-0.25, -0.2) is 0 Å². The van der Waals surface area contributed by atoms with E-state index in [4.69, 9.17) is 21.1 Å². The molecule has 8 heteroatoms. The second kappa shape index (κ2) is 9.92. The van der Waals surface area contributed by atoms with Crippen LogP contribution in [0.15, 0.2) is 36.4 Å². The van der Waals surface area contributed by atoms with Crippen molar-refractivity contribution in [1.29, 1.82) is 0 Å². The van der Waals surface area contributed by atoms with Crippen molar-refractivity contribution in [2.24, 2.45) is 5.92 Å². The van der Waals surface area contributed by atoms with Crippen molar-refractivity contribution in [2.75, 3.05) is 50.6 Å². The number of piperazine rings is 1. The second-order valence-corrected chi connectivity index (χ2v) is 8.06. The van der Waals surface area contributed by atoms with Crippen LogP contribution in [0.4, 0.5) is 11.4 Å². The molecule has 2 aromatic rings. The van der Waals surface area contributed by atoms with Gasteiger partial charge in [-0.05, 0) is 30.3 Å². The van der Waals surface area contributed by atoms with Gasteiger partial charge in [0.1, 0.15) is 11.5 Å². The number of ether oxygens (including phenoxy) is 2.